The van der Waals surface area contributed by atoms with Gasteiger partial charge < -0.3 is 9.47 Å². The zero-order chi connectivity index (χ0) is 15.4. The molecule has 0 bridgehead atoms. The summed E-state index contributed by atoms with van der Waals surface area (Å²) in [5, 5.41) is 0. The fourth-order valence-electron chi connectivity index (χ4n) is 2.76. The molecule has 1 aliphatic heterocycles. The van der Waals surface area contributed by atoms with Crippen molar-refractivity contribution in [3.63, 3.8) is 0 Å². The SMILES string of the molecule is C[C@@H]1CCC(c2ccccc(=O)c2OCc2ccccc2)O1. The number of ether oxygens (including phenoxy) is 2. The highest BCUT2D eigenvalue weighted by molar-refractivity contribution is 5.35. The van der Waals surface area contributed by atoms with Gasteiger partial charge in [0.2, 0.25) is 5.43 Å². The number of hydrogen-bond acceptors (Lipinski definition) is 3. The molecule has 0 N–H and O–H groups in total. The van der Waals surface area contributed by atoms with Crippen LogP contribution in [0, 0.1) is 0 Å². The zero-order valence-corrected chi connectivity index (χ0v) is 12.7. The zero-order valence-electron chi connectivity index (χ0n) is 12.7. The summed E-state index contributed by atoms with van der Waals surface area (Å²) in [5.74, 6) is 0.410. The van der Waals surface area contributed by atoms with Crippen molar-refractivity contribution in [2.24, 2.45) is 0 Å². The third kappa shape index (κ3) is 3.37. The average molecular weight is 296 g/mol. The number of benzene rings is 1. The molecule has 2 aromatic rings. The second-order valence-electron chi connectivity index (χ2n) is 5.65. The van der Waals surface area contributed by atoms with Gasteiger partial charge in [0, 0.05) is 5.56 Å². The summed E-state index contributed by atoms with van der Waals surface area (Å²) >= 11 is 0. The van der Waals surface area contributed by atoms with Crippen molar-refractivity contribution in [2.45, 2.75) is 38.6 Å². The summed E-state index contributed by atoms with van der Waals surface area (Å²) in [6, 6.07) is 17.0. The van der Waals surface area contributed by atoms with Gasteiger partial charge in [0.15, 0.2) is 5.75 Å². The van der Waals surface area contributed by atoms with Crippen LogP contribution in [0.5, 0.6) is 5.75 Å². The van der Waals surface area contributed by atoms with Gasteiger partial charge in [-0.3, -0.25) is 4.79 Å². The summed E-state index contributed by atoms with van der Waals surface area (Å²) in [5.41, 5.74) is 1.80. The second kappa shape index (κ2) is 6.75. The predicted molar refractivity (Wildman–Crippen MR) is 86.0 cm³/mol. The van der Waals surface area contributed by atoms with Gasteiger partial charge in [-0.15, -0.1) is 0 Å². The normalized spacial score (nSPS) is 20.8. The molecule has 3 heteroatoms. The maximum atomic E-state index is 12.3. The summed E-state index contributed by atoms with van der Waals surface area (Å²) in [6.45, 7) is 2.45. The van der Waals surface area contributed by atoms with Crippen LogP contribution in [0.25, 0.3) is 0 Å². The summed E-state index contributed by atoms with van der Waals surface area (Å²) in [6.07, 6.45) is 2.11. The highest BCUT2D eigenvalue weighted by Crippen LogP contribution is 2.35. The summed E-state index contributed by atoms with van der Waals surface area (Å²) in [7, 11) is 0. The maximum absolute atomic E-state index is 12.3. The molecule has 2 aromatic carbocycles. The second-order valence-corrected chi connectivity index (χ2v) is 5.65. The van der Waals surface area contributed by atoms with Gasteiger partial charge >= 0.3 is 0 Å². The largest absolute Gasteiger partial charge is 0.484 e. The Bertz CT molecular complexity index is 682. The Labute approximate surface area is 130 Å². The average Bonchev–Trinajstić information content (AvgIpc) is 2.87. The molecular formula is C19H20O3. The molecular weight excluding hydrogens is 276 g/mol. The third-order valence-corrected chi connectivity index (χ3v) is 3.93. The van der Waals surface area contributed by atoms with Crippen LogP contribution in [-0.4, -0.2) is 6.10 Å². The topological polar surface area (TPSA) is 35.5 Å². The van der Waals surface area contributed by atoms with Gasteiger partial charge in [0.1, 0.15) is 6.61 Å². The Morgan fingerprint density at radius 3 is 2.50 bits per heavy atom. The number of hydrogen-bond donors (Lipinski definition) is 0. The van der Waals surface area contributed by atoms with E-state index in [2.05, 4.69) is 6.92 Å². The van der Waals surface area contributed by atoms with Crippen molar-refractivity contribution >= 4 is 0 Å². The Hall–Kier alpha value is -2.13. The molecule has 2 atom stereocenters. The van der Waals surface area contributed by atoms with E-state index in [0.717, 1.165) is 24.0 Å². The van der Waals surface area contributed by atoms with Gasteiger partial charge in [-0.1, -0.05) is 48.5 Å². The van der Waals surface area contributed by atoms with Gasteiger partial charge in [-0.25, -0.2) is 0 Å². The van der Waals surface area contributed by atoms with E-state index in [1.807, 2.05) is 42.5 Å². The van der Waals surface area contributed by atoms with Gasteiger partial charge in [-0.05, 0) is 31.4 Å². The molecule has 1 aliphatic rings. The fraction of sp³-hybridized carbons (Fsp3) is 0.316. The van der Waals surface area contributed by atoms with E-state index in [0.29, 0.717) is 12.4 Å². The fourth-order valence-corrected chi connectivity index (χ4v) is 2.76. The molecule has 1 unspecified atom stereocenters. The van der Waals surface area contributed by atoms with Gasteiger partial charge in [0.05, 0.1) is 12.2 Å². The molecule has 3 nitrogen and oxygen atoms in total. The molecule has 1 saturated heterocycles. The summed E-state index contributed by atoms with van der Waals surface area (Å²) < 4.78 is 11.8. The van der Waals surface area contributed by atoms with E-state index < -0.39 is 0 Å². The Morgan fingerprint density at radius 2 is 1.77 bits per heavy atom. The van der Waals surface area contributed by atoms with Gasteiger partial charge in [-0.2, -0.15) is 0 Å². The van der Waals surface area contributed by atoms with Crippen molar-refractivity contribution in [3.8, 4) is 5.75 Å². The van der Waals surface area contributed by atoms with Gasteiger partial charge in [0.25, 0.3) is 0 Å². The van der Waals surface area contributed by atoms with Crippen LogP contribution in [0.15, 0.2) is 59.4 Å². The van der Waals surface area contributed by atoms with Crippen molar-refractivity contribution in [1.82, 2.24) is 0 Å². The van der Waals surface area contributed by atoms with Crippen LogP contribution in [0.1, 0.15) is 37.0 Å². The van der Waals surface area contributed by atoms with Crippen LogP contribution >= 0.6 is 0 Å². The van der Waals surface area contributed by atoms with Crippen LogP contribution in [0.4, 0.5) is 0 Å². The molecule has 0 aliphatic carbocycles. The minimum Gasteiger partial charge on any atom is -0.484 e. The third-order valence-electron chi connectivity index (χ3n) is 3.93. The van der Waals surface area contributed by atoms with Crippen LogP contribution < -0.4 is 10.2 Å². The Morgan fingerprint density at radius 1 is 1.05 bits per heavy atom. The van der Waals surface area contributed by atoms with E-state index in [-0.39, 0.29) is 17.6 Å². The molecule has 1 heterocycles. The van der Waals surface area contributed by atoms with E-state index in [4.69, 9.17) is 9.47 Å². The molecule has 0 amide bonds. The Kier molecular flexibility index (Phi) is 4.54. The molecule has 0 radical (unpaired) electrons. The molecule has 3 rings (SSSR count). The molecule has 0 spiro atoms. The van der Waals surface area contributed by atoms with E-state index in [1.54, 1.807) is 12.1 Å². The quantitative estimate of drug-likeness (QED) is 0.859. The lowest BCUT2D eigenvalue weighted by Crippen LogP contribution is -2.10. The minimum atomic E-state index is -0.0981. The van der Waals surface area contributed by atoms with E-state index in [9.17, 15) is 4.79 Å². The lowest BCUT2D eigenvalue weighted by molar-refractivity contribution is 0.0535. The van der Waals surface area contributed by atoms with Crippen LogP contribution in [0.2, 0.25) is 0 Å². The van der Waals surface area contributed by atoms with Crippen LogP contribution in [-0.2, 0) is 11.3 Å². The monoisotopic (exact) mass is 296 g/mol. The predicted octanol–water partition coefficient (Wildman–Crippen LogP) is 3.87. The minimum absolute atomic E-state index is 0.0547. The van der Waals surface area contributed by atoms with E-state index >= 15 is 0 Å². The first-order chi connectivity index (χ1) is 10.7. The lowest BCUT2D eigenvalue weighted by Gasteiger charge is -2.14. The molecule has 114 valence electrons. The smallest absolute Gasteiger partial charge is 0.220 e. The van der Waals surface area contributed by atoms with Crippen molar-refractivity contribution < 1.29 is 9.47 Å². The molecule has 0 saturated carbocycles. The standard InChI is InChI=1S/C19H20O3/c1-14-11-12-18(22-14)16-9-5-6-10-17(20)19(16)21-13-15-7-3-2-4-8-15/h2-10,14,18H,11-13H2,1H3/t14-,18?/m1/s1. The number of rotatable bonds is 4. The van der Waals surface area contributed by atoms with Crippen molar-refractivity contribution in [3.05, 3.63) is 75.9 Å². The molecule has 22 heavy (non-hydrogen) atoms. The first kappa shape index (κ1) is 14.8. The van der Waals surface area contributed by atoms with Crippen LogP contribution in [0.3, 0.4) is 0 Å². The van der Waals surface area contributed by atoms with Crippen molar-refractivity contribution in [1.29, 1.82) is 0 Å². The maximum Gasteiger partial charge on any atom is 0.220 e. The first-order valence-electron chi connectivity index (χ1n) is 7.69. The first-order valence-corrected chi connectivity index (χ1v) is 7.69. The summed E-state index contributed by atoms with van der Waals surface area (Å²) in [4.78, 5) is 12.3. The highest BCUT2D eigenvalue weighted by atomic mass is 16.5. The lowest BCUT2D eigenvalue weighted by atomic mass is 10.1. The highest BCUT2D eigenvalue weighted by Gasteiger charge is 2.26. The molecule has 0 aromatic heterocycles. The molecule has 1 fully saturated rings. The van der Waals surface area contributed by atoms with E-state index in [1.165, 1.54) is 0 Å². The Balaban J connectivity index is 1.89. The van der Waals surface area contributed by atoms with Crippen molar-refractivity contribution in [2.75, 3.05) is 0 Å².